The van der Waals surface area contributed by atoms with E-state index >= 15 is 0 Å². The first-order chi connectivity index (χ1) is 7.47. The van der Waals surface area contributed by atoms with E-state index in [9.17, 15) is 10.1 Å². The molecule has 0 fully saturated rings. The maximum absolute atomic E-state index is 10.7. The lowest BCUT2D eigenvalue weighted by Crippen LogP contribution is -2.00. The Morgan fingerprint density at radius 2 is 1.94 bits per heavy atom. The molecule has 3 nitrogen and oxygen atoms in total. The zero-order chi connectivity index (χ0) is 12.3. The molecule has 0 aliphatic carbocycles. The highest BCUT2D eigenvalue weighted by atomic mass is 16.6. The maximum Gasteiger partial charge on any atom is 0.269 e. The van der Waals surface area contributed by atoms with Crippen LogP contribution in [0.15, 0.2) is 30.9 Å². The predicted octanol–water partition coefficient (Wildman–Crippen LogP) is 4.01. The fraction of sp³-hybridized carbons (Fsp3) is 0.385. The minimum Gasteiger partial charge on any atom is -0.258 e. The zero-order valence-electron chi connectivity index (χ0n) is 9.93. The normalized spacial score (nSPS) is 12.5. The van der Waals surface area contributed by atoms with Crippen LogP contribution in [-0.4, -0.2) is 4.92 Å². The summed E-state index contributed by atoms with van der Waals surface area (Å²) in [6.45, 7) is 9.91. The molecule has 0 spiro atoms. The molecular formula is C13H17NO2. The van der Waals surface area contributed by atoms with Gasteiger partial charge in [-0.3, -0.25) is 10.1 Å². The van der Waals surface area contributed by atoms with Gasteiger partial charge in [-0.2, -0.15) is 0 Å². The number of nitrogens with zero attached hydrogens (tertiary/aromatic N) is 1. The van der Waals surface area contributed by atoms with Gasteiger partial charge in [-0.1, -0.05) is 32.9 Å². The summed E-state index contributed by atoms with van der Waals surface area (Å²) >= 11 is 0. The van der Waals surface area contributed by atoms with Crippen LogP contribution in [0.25, 0.3) is 0 Å². The monoisotopic (exact) mass is 219 g/mol. The number of nitro groups is 1. The molecule has 1 unspecified atom stereocenters. The van der Waals surface area contributed by atoms with Crippen LogP contribution in [0.1, 0.15) is 43.7 Å². The smallest absolute Gasteiger partial charge is 0.258 e. The second-order valence-corrected chi connectivity index (χ2v) is 4.25. The highest BCUT2D eigenvalue weighted by molar-refractivity contribution is 5.44. The number of nitro benzene ring substituents is 1. The van der Waals surface area contributed by atoms with Crippen LogP contribution in [0.3, 0.4) is 0 Å². The number of hydrogen-bond donors (Lipinski definition) is 0. The van der Waals surface area contributed by atoms with Crippen molar-refractivity contribution in [3.8, 4) is 0 Å². The van der Waals surface area contributed by atoms with E-state index in [1.165, 1.54) is 0 Å². The van der Waals surface area contributed by atoms with Gasteiger partial charge in [-0.25, -0.2) is 0 Å². The first kappa shape index (κ1) is 12.4. The molecule has 0 saturated carbocycles. The third kappa shape index (κ3) is 2.48. The fourth-order valence-corrected chi connectivity index (χ4v) is 1.72. The molecule has 0 heterocycles. The molecule has 3 heteroatoms. The molecular weight excluding hydrogens is 202 g/mol. The number of hydrogen-bond acceptors (Lipinski definition) is 2. The third-order valence-electron chi connectivity index (χ3n) is 2.75. The van der Waals surface area contributed by atoms with E-state index in [0.717, 1.165) is 11.1 Å². The van der Waals surface area contributed by atoms with E-state index in [-0.39, 0.29) is 16.5 Å². The van der Waals surface area contributed by atoms with Crippen LogP contribution < -0.4 is 0 Å². The van der Waals surface area contributed by atoms with E-state index in [0.29, 0.717) is 5.92 Å². The standard InChI is InChI=1S/C13H17NO2/c1-5-10(4)13-8-11(14(15)16)6-7-12(13)9(2)3/h5-10H,1H2,2-4H3. The Morgan fingerprint density at radius 3 is 2.38 bits per heavy atom. The van der Waals surface area contributed by atoms with Gasteiger partial charge in [-0.15, -0.1) is 6.58 Å². The maximum atomic E-state index is 10.7. The highest BCUT2D eigenvalue weighted by Crippen LogP contribution is 2.30. The topological polar surface area (TPSA) is 43.1 Å². The minimum absolute atomic E-state index is 0.136. The van der Waals surface area contributed by atoms with Crippen molar-refractivity contribution in [1.29, 1.82) is 0 Å². The molecule has 0 aromatic heterocycles. The summed E-state index contributed by atoms with van der Waals surface area (Å²) in [6, 6.07) is 5.06. The molecule has 16 heavy (non-hydrogen) atoms. The van der Waals surface area contributed by atoms with Gasteiger partial charge < -0.3 is 0 Å². The lowest BCUT2D eigenvalue weighted by molar-refractivity contribution is -0.384. The van der Waals surface area contributed by atoms with Gasteiger partial charge >= 0.3 is 0 Å². The van der Waals surface area contributed by atoms with E-state index in [2.05, 4.69) is 20.4 Å². The molecule has 0 bridgehead atoms. The van der Waals surface area contributed by atoms with Crippen molar-refractivity contribution >= 4 is 5.69 Å². The van der Waals surface area contributed by atoms with Crippen LogP contribution >= 0.6 is 0 Å². The summed E-state index contributed by atoms with van der Waals surface area (Å²) in [6.07, 6.45) is 1.81. The van der Waals surface area contributed by atoms with Gasteiger partial charge in [0.2, 0.25) is 0 Å². The highest BCUT2D eigenvalue weighted by Gasteiger charge is 2.15. The van der Waals surface area contributed by atoms with Crippen molar-refractivity contribution in [3.63, 3.8) is 0 Å². The van der Waals surface area contributed by atoms with Gasteiger partial charge in [0.25, 0.3) is 5.69 Å². The summed E-state index contributed by atoms with van der Waals surface area (Å²) in [5.41, 5.74) is 2.30. The van der Waals surface area contributed by atoms with Crippen LogP contribution in [0.4, 0.5) is 5.69 Å². The Bertz CT molecular complexity index is 410. The average Bonchev–Trinajstić information content (AvgIpc) is 2.26. The predicted molar refractivity (Wildman–Crippen MR) is 65.8 cm³/mol. The lowest BCUT2D eigenvalue weighted by atomic mass is 9.89. The second-order valence-electron chi connectivity index (χ2n) is 4.25. The summed E-state index contributed by atoms with van der Waals surface area (Å²) in [5, 5.41) is 10.7. The van der Waals surface area contributed by atoms with Crippen LogP contribution in [0.2, 0.25) is 0 Å². The van der Waals surface area contributed by atoms with Crippen molar-refractivity contribution in [2.75, 3.05) is 0 Å². The molecule has 0 amide bonds. The molecule has 86 valence electrons. The third-order valence-corrected chi connectivity index (χ3v) is 2.75. The zero-order valence-corrected chi connectivity index (χ0v) is 9.93. The molecule has 0 saturated heterocycles. The molecule has 1 atom stereocenters. The van der Waals surface area contributed by atoms with Crippen molar-refractivity contribution in [3.05, 3.63) is 52.1 Å². The molecule has 0 N–H and O–H groups in total. The molecule has 0 radical (unpaired) electrons. The molecule has 1 aromatic carbocycles. The minimum atomic E-state index is -0.358. The number of benzene rings is 1. The SMILES string of the molecule is C=CC(C)c1cc([N+](=O)[O-])ccc1C(C)C. The van der Waals surface area contributed by atoms with Crippen molar-refractivity contribution in [1.82, 2.24) is 0 Å². The molecule has 0 aliphatic heterocycles. The largest absolute Gasteiger partial charge is 0.269 e. The Labute approximate surface area is 95.9 Å². The van der Waals surface area contributed by atoms with E-state index in [4.69, 9.17) is 0 Å². The second kappa shape index (κ2) is 4.92. The van der Waals surface area contributed by atoms with Gasteiger partial charge in [0.05, 0.1) is 4.92 Å². The number of non-ortho nitro benzene ring substituents is 1. The Hall–Kier alpha value is -1.64. The lowest BCUT2D eigenvalue weighted by Gasteiger charge is -2.15. The van der Waals surface area contributed by atoms with Gasteiger partial charge in [0.1, 0.15) is 0 Å². The van der Waals surface area contributed by atoms with Gasteiger partial charge in [0, 0.05) is 12.1 Å². The summed E-state index contributed by atoms with van der Waals surface area (Å²) < 4.78 is 0. The Morgan fingerprint density at radius 1 is 1.31 bits per heavy atom. The van der Waals surface area contributed by atoms with E-state index in [1.54, 1.807) is 12.1 Å². The van der Waals surface area contributed by atoms with Crippen molar-refractivity contribution < 1.29 is 4.92 Å². The van der Waals surface area contributed by atoms with E-state index < -0.39 is 0 Å². The van der Waals surface area contributed by atoms with Gasteiger partial charge in [0.15, 0.2) is 0 Å². The van der Waals surface area contributed by atoms with Crippen LogP contribution in [-0.2, 0) is 0 Å². The Kier molecular flexibility index (Phi) is 3.82. The first-order valence-electron chi connectivity index (χ1n) is 5.38. The first-order valence-corrected chi connectivity index (χ1v) is 5.38. The fourth-order valence-electron chi connectivity index (χ4n) is 1.72. The van der Waals surface area contributed by atoms with Crippen LogP contribution in [0, 0.1) is 10.1 Å². The summed E-state index contributed by atoms with van der Waals surface area (Å²) in [5.74, 6) is 0.496. The molecule has 0 aliphatic rings. The quantitative estimate of drug-likeness (QED) is 0.436. The average molecular weight is 219 g/mol. The number of rotatable bonds is 4. The Balaban J connectivity index is 3.31. The summed E-state index contributed by atoms with van der Waals surface area (Å²) in [4.78, 5) is 10.4. The molecule has 1 aromatic rings. The van der Waals surface area contributed by atoms with E-state index in [1.807, 2.05) is 19.1 Å². The van der Waals surface area contributed by atoms with Crippen LogP contribution in [0.5, 0.6) is 0 Å². The molecule has 1 rings (SSSR count). The number of allylic oxidation sites excluding steroid dienone is 1. The van der Waals surface area contributed by atoms with Crippen molar-refractivity contribution in [2.24, 2.45) is 0 Å². The van der Waals surface area contributed by atoms with Gasteiger partial charge in [-0.05, 0) is 23.0 Å². The van der Waals surface area contributed by atoms with Crippen molar-refractivity contribution in [2.45, 2.75) is 32.6 Å². The summed E-state index contributed by atoms with van der Waals surface area (Å²) in [7, 11) is 0.